The Morgan fingerprint density at radius 2 is 2.50 bits per heavy atom. The normalized spacial score (nSPS) is 34.5. The second-order valence-corrected chi connectivity index (χ2v) is 1.97. The van der Waals surface area contributed by atoms with Gasteiger partial charge < -0.3 is 4.74 Å². The van der Waals surface area contributed by atoms with Gasteiger partial charge in [-0.05, 0) is 12.3 Å². The Hall–Kier alpha value is -0.0400. The number of hydrogen-bond acceptors (Lipinski definition) is 1. The number of rotatable bonds is 0. The van der Waals surface area contributed by atoms with Crippen LogP contribution in [0.4, 0.5) is 0 Å². The molecule has 36 valence electrons. The zero-order valence-corrected chi connectivity index (χ0v) is 4.11. The molecule has 1 fully saturated rings. The van der Waals surface area contributed by atoms with Crippen molar-refractivity contribution in [1.29, 1.82) is 0 Å². The Labute approximate surface area is 38.3 Å². The van der Waals surface area contributed by atoms with Gasteiger partial charge in [0.1, 0.15) is 0 Å². The van der Waals surface area contributed by atoms with Crippen LogP contribution in [0.3, 0.4) is 0 Å². The second-order valence-electron chi connectivity index (χ2n) is 1.97. The van der Waals surface area contributed by atoms with E-state index in [9.17, 15) is 0 Å². The van der Waals surface area contributed by atoms with Gasteiger partial charge in [0.2, 0.25) is 0 Å². The van der Waals surface area contributed by atoms with Gasteiger partial charge in [-0.15, -0.1) is 0 Å². The van der Waals surface area contributed by atoms with Crippen LogP contribution in [0.5, 0.6) is 0 Å². The fourth-order valence-electron chi connectivity index (χ4n) is 0.652. The number of hydrogen-bond donors (Lipinski definition) is 0. The molecule has 0 bridgehead atoms. The van der Waals surface area contributed by atoms with Gasteiger partial charge in [0.05, 0.1) is 0 Å². The first-order valence-electron chi connectivity index (χ1n) is 2.47. The van der Waals surface area contributed by atoms with Gasteiger partial charge in [-0.1, -0.05) is 6.92 Å². The summed E-state index contributed by atoms with van der Waals surface area (Å²) >= 11 is 0. The van der Waals surface area contributed by atoms with E-state index in [4.69, 9.17) is 4.74 Å². The molecule has 0 N–H and O–H groups in total. The highest BCUT2D eigenvalue weighted by molar-refractivity contribution is 4.55. The minimum atomic E-state index is 0.824. The molecule has 1 aliphatic rings. The maximum atomic E-state index is 5.06. The van der Waals surface area contributed by atoms with Gasteiger partial charge >= 0.3 is 0 Å². The Morgan fingerprint density at radius 3 is 2.67 bits per heavy atom. The van der Waals surface area contributed by atoms with E-state index < -0.39 is 0 Å². The molecule has 1 nitrogen and oxygen atoms in total. The monoisotopic (exact) mass is 86.1 g/mol. The maximum absolute atomic E-state index is 5.06. The van der Waals surface area contributed by atoms with Gasteiger partial charge in [-0.2, -0.15) is 0 Å². The van der Waals surface area contributed by atoms with Crippen LogP contribution in [0.1, 0.15) is 13.3 Å². The average Bonchev–Trinajstić information content (AvgIpc) is 1.86. The highest BCUT2D eigenvalue weighted by Crippen LogP contribution is 2.09. The molecule has 0 saturated carbocycles. The van der Waals surface area contributed by atoms with Gasteiger partial charge in [0.15, 0.2) is 0 Å². The summed E-state index contributed by atoms with van der Waals surface area (Å²) < 4.78 is 5.06. The third kappa shape index (κ3) is 0.716. The van der Waals surface area contributed by atoms with Gasteiger partial charge in [-0.3, -0.25) is 0 Å². The molecule has 0 aliphatic carbocycles. The quantitative estimate of drug-likeness (QED) is 0.428. The SMILES string of the molecule is C[C@@H]1CCOC1. The molecule has 1 aliphatic heterocycles. The Bertz CT molecular complexity index is 37.2. The van der Waals surface area contributed by atoms with Crippen LogP contribution in [-0.2, 0) is 4.74 Å². The first kappa shape index (κ1) is 4.13. The molecule has 0 spiro atoms. The lowest BCUT2D eigenvalue weighted by molar-refractivity contribution is 0.188. The molecule has 1 heterocycles. The zero-order valence-electron chi connectivity index (χ0n) is 4.11. The standard InChI is InChI=1S/C5H10O/c1-5-2-3-6-4-5/h5H,2-4H2,1H3/t5-/m1/s1. The molecule has 0 amide bonds. The fraction of sp³-hybridized carbons (Fsp3) is 1.00. The van der Waals surface area contributed by atoms with Crippen LogP contribution in [0.25, 0.3) is 0 Å². The van der Waals surface area contributed by atoms with Crippen LogP contribution in [0, 0.1) is 5.92 Å². The smallest absolute Gasteiger partial charge is 0.0492 e. The van der Waals surface area contributed by atoms with Crippen molar-refractivity contribution in [3.8, 4) is 0 Å². The van der Waals surface area contributed by atoms with E-state index in [2.05, 4.69) is 6.92 Å². The van der Waals surface area contributed by atoms with E-state index in [0.29, 0.717) is 0 Å². The van der Waals surface area contributed by atoms with Crippen LogP contribution >= 0.6 is 0 Å². The predicted octanol–water partition coefficient (Wildman–Crippen LogP) is 1.04. The summed E-state index contributed by atoms with van der Waals surface area (Å²) in [5, 5.41) is 0. The Kier molecular flexibility index (Phi) is 1.10. The minimum Gasteiger partial charge on any atom is -0.381 e. The van der Waals surface area contributed by atoms with Gasteiger partial charge in [0, 0.05) is 13.2 Å². The first-order valence-corrected chi connectivity index (χ1v) is 2.47. The summed E-state index contributed by atoms with van der Waals surface area (Å²) in [4.78, 5) is 0. The summed E-state index contributed by atoms with van der Waals surface area (Å²) in [6.07, 6.45) is 1.26. The maximum Gasteiger partial charge on any atom is 0.0492 e. The summed E-state index contributed by atoms with van der Waals surface area (Å²) in [6.45, 7) is 4.19. The molecule has 1 heteroatoms. The molecule has 1 atom stereocenters. The Balaban J connectivity index is 2.18. The lowest BCUT2D eigenvalue weighted by atomic mass is 10.2. The lowest BCUT2D eigenvalue weighted by Crippen LogP contribution is -1.88. The van der Waals surface area contributed by atoms with Crippen molar-refractivity contribution in [3.63, 3.8) is 0 Å². The minimum absolute atomic E-state index is 0.824. The van der Waals surface area contributed by atoms with E-state index >= 15 is 0 Å². The zero-order chi connectivity index (χ0) is 4.41. The summed E-state index contributed by atoms with van der Waals surface area (Å²) in [5.41, 5.74) is 0. The van der Waals surface area contributed by atoms with E-state index in [1.165, 1.54) is 6.42 Å². The molecule has 6 heavy (non-hydrogen) atoms. The molecular formula is C5H10O. The topological polar surface area (TPSA) is 9.23 Å². The van der Waals surface area contributed by atoms with E-state index in [1.54, 1.807) is 0 Å². The molecule has 0 radical (unpaired) electrons. The van der Waals surface area contributed by atoms with Crippen molar-refractivity contribution >= 4 is 0 Å². The summed E-state index contributed by atoms with van der Waals surface area (Å²) in [7, 11) is 0. The van der Waals surface area contributed by atoms with Crippen LogP contribution < -0.4 is 0 Å². The van der Waals surface area contributed by atoms with E-state index in [0.717, 1.165) is 19.1 Å². The highest BCUT2D eigenvalue weighted by atomic mass is 16.5. The molecule has 0 unspecified atom stereocenters. The van der Waals surface area contributed by atoms with Crippen molar-refractivity contribution in [3.05, 3.63) is 0 Å². The van der Waals surface area contributed by atoms with Crippen molar-refractivity contribution in [1.82, 2.24) is 0 Å². The molecule has 0 aromatic heterocycles. The van der Waals surface area contributed by atoms with Gasteiger partial charge in [-0.25, -0.2) is 0 Å². The fourth-order valence-corrected chi connectivity index (χ4v) is 0.652. The van der Waals surface area contributed by atoms with Crippen LogP contribution in [0.15, 0.2) is 0 Å². The first-order chi connectivity index (χ1) is 2.89. The van der Waals surface area contributed by atoms with Crippen LogP contribution in [0.2, 0.25) is 0 Å². The van der Waals surface area contributed by atoms with Crippen molar-refractivity contribution in [2.24, 2.45) is 5.92 Å². The highest BCUT2D eigenvalue weighted by Gasteiger charge is 2.07. The summed E-state index contributed by atoms with van der Waals surface area (Å²) in [6, 6.07) is 0. The Morgan fingerprint density at radius 1 is 1.67 bits per heavy atom. The average molecular weight is 86.1 g/mol. The third-order valence-electron chi connectivity index (χ3n) is 1.16. The van der Waals surface area contributed by atoms with Crippen molar-refractivity contribution in [2.45, 2.75) is 13.3 Å². The molecule has 0 aromatic carbocycles. The molecule has 1 rings (SSSR count). The van der Waals surface area contributed by atoms with Crippen molar-refractivity contribution in [2.75, 3.05) is 13.2 Å². The van der Waals surface area contributed by atoms with Crippen LogP contribution in [-0.4, -0.2) is 13.2 Å². The third-order valence-corrected chi connectivity index (χ3v) is 1.16. The lowest BCUT2D eigenvalue weighted by Gasteiger charge is -1.89. The predicted molar refractivity (Wildman–Crippen MR) is 24.6 cm³/mol. The number of ether oxygens (including phenoxy) is 1. The molecule has 1 saturated heterocycles. The molecular weight excluding hydrogens is 76.1 g/mol. The summed E-state index contributed by atoms with van der Waals surface area (Å²) in [5.74, 6) is 0.824. The van der Waals surface area contributed by atoms with Crippen molar-refractivity contribution < 1.29 is 4.74 Å². The molecule has 0 aromatic rings. The largest absolute Gasteiger partial charge is 0.381 e. The van der Waals surface area contributed by atoms with Gasteiger partial charge in [0.25, 0.3) is 0 Å². The van der Waals surface area contributed by atoms with E-state index in [1.807, 2.05) is 0 Å². The second kappa shape index (κ2) is 1.61. The van der Waals surface area contributed by atoms with E-state index in [-0.39, 0.29) is 0 Å².